The highest BCUT2D eigenvalue weighted by Crippen LogP contribution is 2.35. The molecule has 0 atom stereocenters. The minimum atomic E-state index is 0.159. The molecule has 4 nitrogen and oxygen atoms in total. The molecule has 0 spiro atoms. The number of anilines is 1. The van der Waals surface area contributed by atoms with Crippen molar-refractivity contribution in [3.05, 3.63) is 96.1 Å². The summed E-state index contributed by atoms with van der Waals surface area (Å²) in [4.78, 5) is 17.3. The molecule has 5 heteroatoms. The molecule has 1 fully saturated rings. The lowest BCUT2D eigenvalue weighted by Crippen LogP contribution is -2.49. The van der Waals surface area contributed by atoms with Gasteiger partial charge in [-0.2, -0.15) is 0 Å². The number of nitrogens with zero attached hydrogens (tertiary/aromatic N) is 2. The Balaban J connectivity index is 1.34. The zero-order valence-corrected chi connectivity index (χ0v) is 18.6. The van der Waals surface area contributed by atoms with Gasteiger partial charge in [-0.25, -0.2) is 0 Å². The first-order valence-corrected chi connectivity index (χ1v) is 11.7. The third kappa shape index (κ3) is 5.42. The molecule has 0 bridgehead atoms. The molecule has 0 N–H and O–H groups in total. The third-order valence-corrected chi connectivity index (χ3v) is 6.94. The molecule has 3 aromatic rings. The molecule has 0 saturated carbocycles. The Morgan fingerprint density at radius 3 is 1.90 bits per heavy atom. The van der Waals surface area contributed by atoms with Gasteiger partial charge in [0.05, 0.1) is 18.1 Å². The first-order chi connectivity index (χ1) is 15.2. The van der Waals surface area contributed by atoms with Crippen LogP contribution in [0.1, 0.15) is 16.4 Å². The number of carbonyl (C=O) groups is 1. The smallest absolute Gasteiger partial charge is 0.232 e. The highest BCUT2D eigenvalue weighted by atomic mass is 32.2. The summed E-state index contributed by atoms with van der Waals surface area (Å²) in [5.41, 5.74) is 3.64. The van der Waals surface area contributed by atoms with Gasteiger partial charge in [0.15, 0.2) is 0 Å². The molecule has 31 heavy (non-hydrogen) atoms. The second-order valence-electron chi connectivity index (χ2n) is 7.58. The summed E-state index contributed by atoms with van der Waals surface area (Å²) in [6, 6.07) is 29.0. The van der Waals surface area contributed by atoms with Gasteiger partial charge < -0.3 is 14.5 Å². The lowest BCUT2D eigenvalue weighted by molar-refractivity contribution is -0.128. The molecule has 1 saturated heterocycles. The third-order valence-electron chi connectivity index (χ3n) is 5.65. The molecule has 1 aliphatic heterocycles. The number of methoxy groups -OCH3 is 1. The molecule has 160 valence electrons. The van der Waals surface area contributed by atoms with Gasteiger partial charge in [0.2, 0.25) is 5.91 Å². The Morgan fingerprint density at radius 2 is 1.39 bits per heavy atom. The summed E-state index contributed by atoms with van der Waals surface area (Å²) in [6.45, 7) is 3.21. The fourth-order valence-electron chi connectivity index (χ4n) is 3.89. The normalized spacial score (nSPS) is 14.0. The summed E-state index contributed by atoms with van der Waals surface area (Å²) < 4.78 is 5.24. The molecule has 4 rings (SSSR count). The quantitative estimate of drug-likeness (QED) is 0.533. The fourth-order valence-corrected chi connectivity index (χ4v) is 5.08. The second-order valence-corrected chi connectivity index (χ2v) is 8.67. The van der Waals surface area contributed by atoms with E-state index in [1.807, 2.05) is 29.2 Å². The molecule has 1 amide bonds. The van der Waals surface area contributed by atoms with Crippen LogP contribution in [0.15, 0.2) is 84.9 Å². The molecule has 1 aliphatic rings. The first-order valence-electron chi connectivity index (χ1n) is 10.6. The second kappa shape index (κ2) is 10.4. The van der Waals surface area contributed by atoms with Gasteiger partial charge in [-0.3, -0.25) is 4.79 Å². The average molecular weight is 433 g/mol. The predicted octanol–water partition coefficient (Wildman–Crippen LogP) is 4.87. The first kappa shape index (κ1) is 21.3. The molecule has 3 aromatic carbocycles. The van der Waals surface area contributed by atoms with Crippen molar-refractivity contribution >= 4 is 23.4 Å². The van der Waals surface area contributed by atoms with Crippen LogP contribution in [0.3, 0.4) is 0 Å². The lowest BCUT2D eigenvalue weighted by atomic mass is 10.0. The average Bonchev–Trinajstić information content (AvgIpc) is 2.85. The van der Waals surface area contributed by atoms with Crippen molar-refractivity contribution in [1.29, 1.82) is 0 Å². The SMILES string of the molecule is COc1ccc(N2CCN(C(=O)CSC(c3ccccc3)c3ccccc3)CC2)cc1. The van der Waals surface area contributed by atoms with E-state index < -0.39 is 0 Å². The zero-order chi connectivity index (χ0) is 21.5. The van der Waals surface area contributed by atoms with E-state index in [4.69, 9.17) is 4.74 Å². The largest absolute Gasteiger partial charge is 0.497 e. The van der Waals surface area contributed by atoms with E-state index in [-0.39, 0.29) is 11.2 Å². The van der Waals surface area contributed by atoms with Gasteiger partial charge in [-0.1, -0.05) is 60.7 Å². The van der Waals surface area contributed by atoms with Gasteiger partial charge in [0.1, 0.15) is 5.75 Å². The van der Waals surface area contributed by atoms with Gasteiger partial charge in [-0.05, 0) is 35.4 Å². The lowest BCUT2D eigenvalue weighted by Gasteiger charge is -2.36. The van der Waals surface area contributed by atoms with Crippen LogP contribution in [0.25, 0.3) is 0 Å². The number of carbonyl (C=O) groups excluding carboxylic acids is 1. The fraction of sp³-hybridized carbons (Fsp3) is 0.269. The molecule has 0 unspecified atom stereocenters. The highest BCUT2D eigenvalue weighted by molar-refractivity contribution is 8.00. The number of benzene rings is 3. The maximum absolute atomic E-state index is 13.0. The van der Waals surface area contributed by atoms with Crippen LogP contribution in [0, 0.1) is 0 Å². The number of ether oxygens (including phenoxy) is 1. The van der Waals surface area contributed by atoms with Crippen LogP contribution < -0.4 is 9.64 Å². The van der Waals surface area contributed by atoms with Crippen LogP contribution in [0.4, 0.5) is 5.69 Å². The maximum atomic E-state index is 13.0. The number of rotatable bonds is 7. The summed E-state index contributed by atoms with van der Waals surface area (Å²) >= 11 is 1.71. The van der Waals surface area contributed by atoms with Crippen molar-refractivity contribution in [2.24, 2.45) is 0 Å². The highest BCUT2D eigenvalue weighted by Gasteiger charge is 2.23. The van der Waals surface area contributed by atoms with E-state index in [0.29, 0.717) is 5.75 Å². The van der Waals surface area contributed by atoms with E-state index in [2.05, 4.69) is 65.6 Å². The molecular formula is C26H28N2O2S. The van der Waals surface area contributed by atoms with E-state index in [9.17, 15) is 4.79 Å². The van der Waals surface area contributed by atoms with Gasteiger partial charge in [0.25, 0.3) is 0 Å². The van der Waals surface area contributed by atoms with Crippen LogP contribution in [-0.4, -0.2) is 49.8 Å². The number of piperazine rings is 1. The number of hydrogen-bond donors (Lipinski definition) is 0. The Kier molecular flexibility index (Phi) is 7.15. The number of hydrogen-bond acceptors (Lipinski definition) is 4. The van der Waals surface area contributed by atoms with Crippen molar-refractivity contribution in [3.8, 4) is 5.75 Å². The van der Waals surface area contributed by atoms with Crippen molar-refractivity contribution < 1.29 is 9.53 Å². The minimum absolute atomic E-state index is 0.159. The molecular weight excluding hydrogens is 404 g/mol. The van der Waals surface area contributed by atoms with Crippen molar-refractivity contribution in [1.82, 2.24) is 4.90 Å². The summed E-state index contributed by atoms with van der Waals surface area (Å²) in [5, 5.41) is 0.159. The molecule has 1 heterocycles. The Hall–Kier alpha value is -2.92. The summed E-state index contributed by atoms with van der Waals surface area (Å²) in [7, 11) is 1.68. The van der Waals surface area contributed by atoms with E-state index in [1.165, 1.54) is 16.8 Å². The van der Waals surface area contributed by atoms with Crippen LogP contribution in [-0.2, 0) is 4.79 Å². The van der Waals surface area contributed by atoms with Gasteiger partial charge in [0, 0.05) is 31.9 Å². The zero-order valence-electron chi connectivity index (χ0n) is 17.8. The van der Waals surface area contributed by atoms with E-state index >= 15 is 0 Å². The molecule has 0 radical (unpaired) electrons. The summed E-state index contributed by atoms with van der Waals surface area (Å²) in [6.07, 6.45) is 0. The van der Waals surface area contributed by atoms with Gasteiger partial charge >= 0.3 is 0 Å². The Bertz CT molecular complexity index is 916. The monoisotopic (exact) mass is 432 g/mol. The van der Waals surface area contributed by atoms with E-state index in [0.717, 1.165) is 31.9 Å². The van der Waals surface area contributed by atoms with Crippen molar-refractivity contribution in [2.75, 3.05) is 43.9 Å². The molecule has 0 aromatic heterocycles. The van der Waals surface area contributed by atoms with E-state index in [1.54, 1.807) is 18.9 Å². The Morgan fingerprint density at radius 1 is 0.839 bits per heavy atom. The maximum Gasteiger partial charge on any atom is 0.232 e. The number of thioether (sulfide) groups is 1. The van der Waals surface area contributed by atoms with Crippen molar-refractivity contribution in [2.45, 2.75) is 5.25 Å². The van der Waals surface area contributed by atoms with Crippen LogP contribution in [0.5, 0.6) is 5.75 Å². The topological polar surface area (TPSA) is 32.8 Å². The molecule has 0 aliphatic carbocycles. The number of amides is 1. The Labute approximate surface area is 188 Å². The predicted molar refractivity (Wildman–Crippen MR) is 129 cm³/mol. The van der Waals surface area contributed by atoms with Gasteiger partial charge in [-0.15, -0.1) is 11.8 Å². The standard InChI is InChI=1S/C26H28N2O2S/c1-30-24-14-12-23(13-15-24)27-16-18-28(19-17-27)25(29)20-31-26(21-8-4-2-5-9-21)22-10-6-3-7-11-22/h2-15,26H,16-20H2,1H3. The van der Waals surface area contributed by atoms with Crippen LogP contribution in [0.2, 0.25) is 0 Å². The minimum Gasteiger partial charge on any atom is -0.497 e. The van der Waals surface area contributed by atoms with Crippen molar-refractivity contribution in [3.63, 3.8) is 0 Å². The van der Waals surface area contributed by atoms with Crippen LogP contribution >= 0.6 is 11.8 Å². The summed E-state index contributed by atoms with van der Waals surface area (Å²) in [5.74, 6) is 1.56.